The van der Waals surface area contributed by atoms with Gasteiger partial charge in [0.1, 0.15) is 12.2 Å². The third-order valence-electron chi connectivity index (χ3n) is 3.25. The highest BCUT2D eigenvalue weighted by molar-refractivity contribution is 5.91. The third kappa shape index (κ3) is 4.26. The highest BCUT2D eigenvalue weighted by atomic mass is 16.2. The van der Waals surface area contributed by atoms with Crippen LogP contribution in [0.25, 0.3) is 0 Å². The fourth-order valence-corrected chi connectivity index (χ4v) is 2.01. The van der Waals surface area contributed by atoms with E-state index in [-0.39, 0.29) is 12.2 Å². The Morgan fingerprint density at radius 3 is 2.65 bits per heavy atom. The molecule has 0 saturated heterocycles. The highest BCUT2D eigenvalue weighted by Gasteiger charge is 2.10. The predicted molar refractivity (Wildman–Crippen MR) is 86.2 cm³/mol. The van der Waals surface area contributed by atoms with Crippen LogP contribution in [0, 0.1) is 0 Å². The first-order chi connectivity index (χ1) is 10.9. The highest BCUT2D eigenvalue weighted by Crippen LogP contribution is 2.18. The summed E-state index contributed by atoms with van der Waals surface area (Å²) in [6.07, 6.45) is 0. The minimum Gasteiger partial charge on any atom is -0.364 e. The summed E-state index contributed by atoms with van der Waals surface area (Å²) in [4.78, 5) is 34.8. The van der Waals surface area contributed by atoms with Crippen molar-refractivity contribution in [3.05, 3.63) is 58.0 Å². The zero-order valence-corrected chi connectivity index (χ0v) is 12.9. The summed E-state index contributed by atoms with van der Waals surface area (Å²) in [6.45, 7) is 3.81. The topological polar surface area (TPSA) is 107 Å². The average Bonchev–Trinajstić information content (AvgIpc) is 2.49. The Labute approximate surface area is 133 Å². The van der Waals surface area contributed by atoms with Gasteiger partial charge in [0.15, 0.2) is 0 Å². The molecule has 0 fully saturated rings. The first kappa shape index (κ1) is 16.4. The van der Waals surface area contributed by atoms with Crippen LogP contribution in [-0.2, 0) is 11.3 Å². The van der Waals surface area contributed by atoms with Crippen LogP contribution in [0.5, 0.6) is 0 Å². The van der Waals surface area contributed by atoms with Crippen molar-refractivity contribution in [3.8, 4) is 0 Å². The second-order valence-electron chi connectivity index (χ2n) is 5.41. The van der Waals surface area contributed by atoms with Crippen molar-refractivity contribution in [2.24, 2.45) is 5.73 Å². The van der Waals surface area contributed by atoms with Crippen molar-refractivity contribution in [3.63, 3.8) is 0 Å². The van der Waals surface area contributed by atoms with Crippen LogP contribution in [0.1, 0.15) is 35.8 Å². The number of carbonyl (C=O) groups is 2. The first-order valence-corrected chi connectivity index (χ1v) is 7.14. The Hall–Kier alpha value is -2.96. The second kappa shape index (κ2) is 6.87. The van der Waals surface area contributed by atoms with Gasteiger partial charge in [-0.25, -0.2) is 4.68 Å². The summed E-state index contributed by atoms with van der Waals surface area (Å²) < 4.78 is 0.904. The van der Waals surface area contributed by atoms with Crippen LogP contribution < -0.4 is 16.6 Å². The standard InChI is InChI=1S/C16H18N4O3/c1-10(2)11-4-3-5-12(8-11)18-14(21)9-20-15(22)7-6-13(19-20)16(17)23/h3-8,10H,9H2,1-2H3,(H2,17,23)(H,18,21). The van der Waals surface area contributed by atoms with Crippen LogP contribution >= 0.6 is 0 Å². The van der Waals surface area contributed by atoms with Gasteiger partial charge in [-0.15, -0.1) is 0 Å². The van der Waals surface area contributed by atoms with Crippen molar-refractivity contribution in [2.75, 3.05) is 5.32 Å². The molecule has 7 heteroatoms. The molecule has 0 saturated carbocycles. The molecule has 3 N–H and O–H groups in total. The summed E-state index contributed by atoms with van der Waals surface area (Å²) in [5.74, 6) is -0.839. The largest absolute Gasteiger partial charge is 0.364 e. The molecule has 0 aliphatic rings. The lowest BCUT2D eigenvalue weighted by atomic mass is 10.0. The van der Waals surface area contributed by atoms with Gasteiger partial charge in [0, 0.05) is 11.8 Å². The van der Waals surface area contributed by atoms with Gasteiger partial charge in [-0.05, 0) is 29.7 Å². The maximum absolute atomic E-state index is 12.1. The quantitative estimate of drug-likeness (QED) is 0.861. The number of amides is 2. The fourth-order valence-electron chi connectivity index (χ4n) is 2.01. The van der Waals surface area contributed by atoms with Crippen LogP contribution in [0.4, 0.5) is 5.69 Å². The van der Waals surface area contributed by atoms with E-state index in [1.807, 2.05) is 18.2 Å². The van der Waals surface area contributed by atoms with E-state index in [0.717, 1.165) is 16.3 Å². The van der Waals surface area contributed by atoms with E-state index in [1.165, 1.54) is 6.07 Å². The fraction of sp³-hybridized carbons (Fsp3) is 0.250. The van der Waals surface area contributed by atoms with Crippen LogP contribution in [0.15, 0.2) is 41.2 Å². The van der Waals surface area contributed by atoms with Gasteiger partial charge in [0.05, 0.1) is 0 Å². The minimum atomic E-state index is -0.760. The molecule has 7 nitrogen and oxygen atoms in total. The number of nitrogens with two attached hydrogens (primary N) is 1. The maximum atomic E-state index is 12.1. The summed E-state index contributed by atoms with van der Waals surface area (Å²) in [5, 5.41) is 6.47. The molecule has 1 aromatic carbocycles. The van der Waals surface area contributed by atoms with Gasteiger partial charge >= 0.3 is 0 Å². The molecule has 0 bridgehead atoms. The van der Waals surface area contributed by atoms with Gasteiger partial charge in [0.2, 0.25) is 5.91 Å². The number of benzene rings is 1. The van der Waals surface area contributed by atoms with E-state index < -0.39 is 17.4 Å². The van der Waals surface area contributed by atoms with Crippen LogP contribution in [0.2, 0.25) is 0 Å². The molecule has 0 spiro atoms. The van der Waals surface area contributed by atoms with E-state index in [9.17, 15) is 14.4 Å². The number of rotatable bonds is 5. The monoisotopic (exact) mass is 314 g/mol. The second-order valence-corrected chi connectivity index (χ2v) is 5.41. The number of primary amides is 1. The molecule has 1 heterocycles. The van der Waals surface area contributed by atoms with Gasteiger partial charge < -0.3 is 11.1 Å². The molecule has 1 aromatic heterocycles. The number of anilines is 1. The van der Waals surface area contributed by atoms with E-state index in [4.69, 9.17) is 5.73 Å². The zero-order valence-electron chi connectivity index (χ0n) is 12.9. The first-order valence-electron chi connectivity index (χ1n) is 7.14. The Kier molecular flexibility index (Phi) is 4.90. The average molecular weight is 314 g/mol. The minimum absolute atomic E-state index is 0.0702. The molecule has 2 rings (SSSR count). The molecule has 2 amide bonds. The third-order valence-corrected chi connectivity index (χ3v) is 3.25. The van der Waals surface area contributed by atoms with Crippen molar-refractivity contribution >= 4 is 17.5 Å². The van der Waals surface area contributed by atoms with Crippen molar-refractivity contribution < 1.29 is 9.59 Å². The molecule has 23 heavy (non-hydrogen) atoms. The number of nitrogens with one attached hydrogen (secondary N) is 1. The normalized spacial score (nSPS) is 10.6. The van der Waals surface area contributed by atoms with Gasteiger partial charge in [-0.3, -0.25) is 14.4 Å². The Morgan fingerprint density at radius 2 is 2.00 bits per heavy atom. The van der Waals surface area contributed by atoms with Crippen LogP contribution in [0.3, 0.4) is 0 Å². The zero-order chi connectivity index (χ0) is 17.0. The van der Waals surface area contributed by atoms with Gasteiger partial charge in [-0.2, -0.15) is 5.10 Å². The van der Waals surface area contributed by atoms with E-state index in [0.29, 0.717) is 11.6 Å². The van der Waals surface area contributed by atoms with E-state index in [2.05, 4.69) is 24.3 Å². The molecule has 0 aliphatic carbocycles. The van der Waals surface area contributed by atoms with Crippen molar-refractivity contribution in [1.82, 2.24) is 9.78 Å². The number of hydrogen-bond donors (Lipinski definition) is 2. The Morgan fingerprint density at radius 1 is 1.26 bits per heavy atom. The predicted octanol–water partition coefficient (Wildman–Crippen LogP) is 1.10. The maximum Gasteiger partial charge on any atom is 0.269 e. The lowest BCUT2D eigenvalue weighted by Gasteiger charge is -2.10. The van der Waals surface area contributed by atoms with Gasteiger partial charge in [-0.1, -0.05) is 26.0 Å². The van der Waals surface area contributed by atoms with E-state index in [1.54, 1.807) is 6.07 Å². The Balaban J connectivity index is 2.14. The molecule has 2 aromatic rings. The summed E-state index contributed by atoms with van der Waals surface area (Å²) >= 11 is 0. The van der Waals surface area contributed by atoms with E-state index >= 15 is 0 Å². The lowest BCUT2D eigenvalue weighted by molar-refractivity contribution is -0.117. The summed E-state index contributed by atoms with van der Waals surface area (Å²) in [5.41, 5.74) is 6.29. The molecule has 0 unspecified atom stereocenters. The number of hydrogen-bond acceptors (Lipinski definition) is 4. The van der Waals surface area contributed by atoms with Crippen molar-refractivity contribution in [1.29, 1.82) is 0 Å². The molecule has 0 radical (unpaired) electrons. The summed E-state index contributed by atoms with van der Waals surface area (Å²) in [7, 11) is 0. The molecule has 0 aliphatic heterocycles. The smallest absolute Gasteiger partial charge is 0.269 e. The van der Waals surface area contributed by atoms with Crippen molar-refractivity contribution in [2.45, 2.75) is 26.3 Å². The molecule has 120 valence electrons. The van der Waals surface area contributed by atoms with Crippen LogP contribution in [-0.4, -0.2) is 21.6 Å². The number of aromatic nitrogens is 2. The Bertz CT molecular complexity index is 796. The van der Waals surface area contributed by atoms with Gasteiger partial charge in [0.25, 0.3) is 11.5 Å². The number of nitrogens with zero attached hydrogens (tertiary/aromatic N) is 2. The lowest BCUT2D eigenvalue weighted by Crippen LogP contribution is -2.31. The summed E-state index contributed by atoms with van der Waals surface area (Å²) in [6, 6.07) is 9.84. The number of carbonyl (C=O) groups excluding carboxylic acids is 2. The molecular formula is C16H18N4O3. The molecule has 0 atom stereocenters. The SMILES string of the molecule is CC(C)c1cccc(NC(=O)Cn2nc(C(N)=O)ccc2=O)c1. The molecular weight excluding hydrogens is 296 g/mol.